The van der Waals surface area contributed by atoms with Gasteiger partial charge in [0.25, 0.3) is 0 Å². The molecular weight excluding hydrogens is 675 g/mol. The standard InChI is InChI=1S/C55H45N/c1-54(2)49-24-11-9-21-46(49)48-23-15-22-42(52(48)54)39-26-29-40(30-27-39)56(53-43-19-8-7-18-38(43)28-32-44(53)37-16-5-3-6-17-37)41-31-33-47-45-20-10-12-25-50(45)55(51(47)36-41)34-13-4-14-35-55/h3,5-12,15-33,36H,4,13-14,34-35H2,1-2H3. The molecule has 0 saturated heterocycles. The van der Waals surface area contributed by atoms with Crippen LogP contribution in [0.25, 0.3) is 55.3 Å². The normalized spacial score (nSPS) is 15.6. The van der Waals surface area contributed by atoms with Gasteiger partial charge in [-0.15, -0.1) is 0 Å². The molecule has 0 atom stereocenters. The van der Waals surface area contributed by atoms with Crippen molar-refractivity contribution in [3.05, 3.63) is 198 Å². The van der Waals surface area contributed by atoms with Crippen molar-refractivity contribution < 1.29 is 0 Å². The minimum absolute atomic E-state index is 0.0643. The molecule has 270 valence electrons. The second-order valence-electron chi connectivity index (χ2n) is 16.7. The molecular formula is C55H45N. The first kappa shape index (κ1) is 33.2. The summed E-state index contributed by atoms with van der Waals surface area (Å²) in [5.41, 5.74) is 20.0. The summed E-state index contributed by atoms with van der Waals surface area (Å²) < 4.78 is 0. The Morgan fingerprint density at radius 2 is 1.00 bits per heavy atom. The van der Waals surface area contributed by atoms with Gasteiger partial charge < -0.3 is 4.90 Å². The van der Waals surface area contributed by atoms with Gasteiger partial charge in [-0.2, -0.15) is 0 Å². The van der Waals surface area contributed by atoms with E-state index in [1.54, 1.807) is 0 Å². The SMILES string of the molecule is CC1(C)c2ccccc2-c2cccc(-c3ccc(N(c4ccc5c(c4)C4(CCCCC4)c4ccccc4-5)c4c(-c5ccccc5)ccc5ccccc45)cc3)c21. The van der Waals surface area contributed by atoms with Crippen molar-refractivity contribution in [3.63, 3.8) is 0 Å². The lowest BCUT2D eigenvalue weighted by atomic mass is 9.68. The summed E-state index contributed by atoms with van der Waals surface area (Å²) in [4.78, 5) is 2.56. The van der Waals surface area contributed by atoms with Gasteiger partial charge in [0.1, 0.15) is 0 Å². The van der Waals surface area contributed by atoms with E-state index in [4.69, 9.17) is 0 Å². The predicted octanol–water partition coefficient (Wildman–Crippen LogP) is 15.2. The van der Waals surface area contributed by atoms with E-state index in [2.05, 4.69) is 195 Å². The first-order chi connectivity index (χ1) is 27.5. The van der Waals surface area contributed by atoms with Gasteiger partial charge in [0, 0.05) is 33.2 Å². The molecule has 0 aliphatic heterocycles. The average molecular weight is 720 g/mol. The Balaban J connectivity index is 1.13. The van der Waals surface area contributed by atoms with Crippen LogP contribution >= 0.6 is 0 Å². The third kappa shape index (κ3) is 4.86. The molecule has 8 aromatic rings. The van der Waals surface area contributed by atoms with E-state index in [9.17, 15) is 0 Å². The van der Waals surface area contributed by atoms with Crippen molar-refractivity contribution in [1.82, 2.24) is 0 Å². The molecule has 1 nitrogen and oxygen atoms in total. The number of nitrogens with zero attached hydrogens (tertiary/aromatic N) is 1. The van der Waals surface area contributed by atoms with E-state index in [-0.39, 0.29) is 10.8 Å². The molecule has 0 unspecified atom stereocenters. The fraction of sp³-hybridized carbons (Fsp3) is 0.164. The molecule has 11 rings (SSSR count). The molecule has 0 heterocycles. The molecule has 3 aliphatic carbocycles. The van der Waals surface area contributed by atoms with Gasteiger partial charge >= 0.3 is 0 Å². The van der Waals surface area contributed by atoms with E-state index in [1.807, 2.05) is 0 Å². The zero-order valence-electron chi connectivity index (χ0n) is 32.2. The molecule has 1 spiro atoms. The lowest BCUT2D eigenvalue weighted by molar-refractivity contribution is 0.353. The summed E-state index contributed by atoms with van der Waals surface area (Å²) in [7, 11) is 0. The molecule has 8 aromatic carbocycles. The highest BCUT2D eigenvalue weighted by molar-refractivity contribution is 6.06. The Labute approximate surface area is 330 Å². The Kier molecular flexibility index (Phi) is 7.52. The Hall–Kier alpha value is -6.18. The van der Waals surface area contributed by atoms with Crippen molar-refractivity contribution in [2.75, 3.05) is 4.90 Å². The van der Waals surface area contributed by atoms with Crippen molar-refractivity contribution >= 4 is 27.8 Å². The third-order valence-electron chi connectivity index (χ3n) is 13.4. The van der Waals surface area contributed by atoms with Crippen molar-refractivity contribution in [2.45, 2.75) is 56.8 Å². The van der Waals surface area contributed by atoms with Crippen molar-refractivity contribution in [3.8, 4) is 44.5 Å². The van der Waals surface area contributed by atoms with Crippen LogP contribution in [0.15, 0.2) is 176 Å². The van der Waals surface area contributed by atoms with E-state index in [0.717, 1.165) is 5.69 Å². The van der Waals surface area contributed by atoms with E-state index < -0.39 is 0 Å². The van der Waals surface area contributed by atoms with E-state index in [0.29, 0.717) is 0 Å². The fourth-order valence-electron chi connectivity index (χ4n) is 10.9. The largest absolute Gasteiger partial charge is 0.309 e. The van der Waals surface area contributed by atoms with Gasteiger partial charge in [-0.05, 0) is 104 Å². The topological polar surface area (TPSA) is 3.24 Å². The van der Waals surface area contributed by atoms with Crippen molar-refractivity contribution in [2.24, 2.45) is 0 Å². The quantitative estimate of drug-likeness (QED) is 0.171. The van der Waals surface area contributed by atoms with Gasteiger partial charge in [-0.25, -0.2) is 0 Å². The van der Waals surface area contributed by atoms with Crippen LogP contribution in [0.5, 0.6) is 0 Å². The maximum Gasteiger partial charge on any atom is 0.0618 e. The highest BCUT2D eigenvalue weighted by atomic mass is 15.1. The van der Waals surface area contributed by atoms with Crippen LogP contribution in [-0.2, 0) is 10.8 Å². The second-order valence-corrected chi connectivity index (χ2v) is 16.7. The monoisotopic (exact) mass is 719 g/mol. The summed E-state index contributed by atoms with van der Waals surface area (Å²) in [5, 5.41) is 2.48. The first-order valence-electron chi connectivity index (χ1n) is 20.5. The minimum atomic E-state index is -0.0855. The third-order valence-corrected chi connectivity index (χ3v) is 13.4. The second kappa shape index (κ2) is 12.7. The number of hydrogen-bond acceptors (Lipinski definition) is 1. The molecule has 0 bridgehead atoms. The Morgan fingerprint density at radius 3 is 1.80 bits per heavy atom. The van der Waals surface area contributed by atoms with E-state index >= 15 is 0 Å². The molecule has 0 radical (unpaired) electrons. The summed E-state index contributed by atoms with van der Waals surface area (Å²) in [6, 6.07) is 66.3. The highest BCUT2D eigenvalue weighted by Gasteiger charge is 2.44. The Bertz CT molecular complexity index is 2800. The summed E-state index contributed by atoms with van der Waals surface area (Å²) in [6.07, 6.45) is 6.29. The maximum absolute atomic E-state index is 2.56. The predicted molar refractivity (Wildman–Crippen MR) is 236 cm³/mol. The van der Waals surface area contributed by atoms with Gasteiger partial charge in [0.15, 0.2) is 0 Å². The van der Waals surface area contributed by atoms with Crippen LogP contribution in [0.2, 0.25) is 0 Å². The van der Waals surface area contributed by atoms with Gasteiger partial charge in [-0.1, -0.05) is 185 Å². The van der Waals surface area contributed by atoms with Gasteiger partial charge in [-0.3, -0.25) is 0 Å². The van der Waals surface area contributed by atoms with Crippen LogP contribution in [0.4, 0.5) is 17.1 Å². The lowest BCUT2D eigenvalue weighted by Crippen LogP contribution is -2.28. The summed E-state index contributed by atoms with van der Waals surface area (Å²) in [5.74, 6) is 0. The van der Waals surface area contributed by atoms with Gasteiger partial charge in [0.2, 0.25) is 0 Å². The maximum atomic E-state index is 2.56. The molecule has 0 amide bonds. The smallest absolute Gasteiger partial charge is 0.0618 e. The fourth-order valence-corrected chi connectivity index (χ4v) is 10.9. The van der Waals surface area contributed by atoms with Crippen LogP contribution in [0, 0.1) is 0 Å². The Morgan fingerprint density at radius 1 is 0.411 bits per heavy atom. The number of fused-ring (bicyclic) bond motifs is 9. The lowest BCUT2D eigenvalue weighted by Gasteiger charge is -2.37. The number of anilines is 3. The van der Waals surface area contributed by atoms with Crippen LogP contribution < -0.4 is 4.90 Å². The van der Waals surface area contributed by atoms with Crippen molar-refractivity contribution in [1.29, 1.82) is 0 Å². The minimum Gasteiger partial charge on any atom is -0.309 e. The zero-order valence-corrected chi connectivity index (χ0v) is 32.2. The summed E-state index contributed by atoms with van der Waals surface area (Å²) in [6.45, 7) is 4.77. The number of rotatable bonds is 5. The number of benzene rings is 8. The molecule has 1 saturated carbocycles. The molecule has 1 heteroatoms. The first-order valence-corrected chi connectivity index (χ1v) is 20.5. The molecule has 3 aliphatic rings. The summed E-state index contributed by atoms with van der Waals surface area (Å²) >= 11 is 0. The van der Waals surface area contributed by atoms with Crippen LogP contribution in [0.3, 0.4) is 0 Å². The average Bonchev–Trinajstić information content (AvgIpc) is 3.66. The van der Waals surface area contributed by atoms with Crippen LogP contribution in [0.1, 0.15) is 68.2 Å². The van der Waals surface area contributed by atoms with Crippen LogP contribution in [-0.4, -0.2) is 0 Å². The zero-order chi connectivity index (χ0) is 37.4. The molecule has 0 N–H and O–H groups in total. The molecule has 56 heavy (non-hydrogen) atoms. The van der Waals surface area contributed by atoms with E-state index in [1.165, 1.54) is 121 Å². The highest BCUT2D eigenvalue weighted by Crippen LogP contribution is 2.58. The molecule has 0 aromatic heterocycles. The number of hydrogen-bond donors (Lipinski definition) is 0. The van der Waals surface area contributed by atoms with Gasteiger partial charge in [0.05, 0.1) is 5.69 Å². The molecule has 1 fully saturated rings.